The summed E-state index contributed by atoms with van der Waals surface area (Å²) in [5.41, 5.74) is 2.86. The zero-order valence-corrected chi connectivity index (χ0v) is 22.2. The molecule has 0 N–H and O–H groups in total. The number of carbonyl (C=O) groups excluding carboxylic acids is 1. The van der Waals surface area contributed by atoms with Gasteiger partial charge in [0.1, 0.15) is 11.2 Å². The maximum Gasteiger partial charge on any atom is 0.243 e. The molecule has 1 amide bonds. The monoisotopic (exact) mass is 503 g/mol. The number of benzene rings is 4. The molecule has 192 valence electrons. The zero-order chi connectivity index (χ0) is 26.7. The zero-order valence-electron chi connectivity index (χ0n) is 22.2. The van der Waals surface area contributed by atoms with E-state index in [9.17, 15) is 10.1 Å². The topological polar surface area (TPSA) is 56.6 Å². The summed E-state index contributed by atoms with van der Waals surface area (Å²) in [4.78, 5) is 18.5. The van der Waals surface area contributed by atoms with Gasteiger partial charge < -0.3 is 14.5 Å². The summed E-state index contributed by atoms with van der Waals surface area (Å²) in [7, 11) is 1.63. The first-order valence-corrected chi connectivity index (χ1v) is 13.1. The Balaban J connectivity index is 1.55. The summed E-state index contributed by atoms with van der Waals surface area (Å²) in [6, 6.07) is 32.8. The van der Waals surface area contributed by atoms with Crippen molar-refractivity contribution in [3.8, 4) is 11.8 Å². The molecule has 0 bridgehead atoms. The molecule has 5 rings (SSSR count). The van der Waals surface area contributed by atoms with Crippen molar-refractivity contribution in [1.82, 2.24) is 4.90 Å². The fraction of sp³-hybridized carbons (Fsp3) is 0.273. The molecule has 0 aromatic heterocycles. The van der Waals surface area contributed by atoms with Crippen LogP contribution in [0.4, 0.5) is 5.69 Å². The highest BCUT2D eigenvalue weighted by Gasteiger charge is 2.47. The molecule has 38 heavy (non-hydrogen) atoms. The van der Waals surface area contributed by atoms with Crippen LogP contribution in [0.25, 0.3) is 10.8 Å². The highest BCUT2D eigenvalue weighted by molar-refractivity contribution is 5.91. The Morgan fingerprint density at radius 2 is 1.50 bits per heavy atom. The number of aryl methyl sites for hydroxylation is 1. The number of anilines is 1. The molecule has 1 saturated heterocycles. The van der Waals surface area contributed by atoms with Crippen LogP contribution in [-0.4, -0.2) is 44.1 Å². The van der Waals surface area contributed by atoms with Gasteiger partial charge in [-0.05, 0) is 47.9 Å². The summed E-state index contributed by atoms with van der Waals surface area (Å²) in [5.74, 6) is 0.00834. The summed E-state index contributed by atoms with van der Waals surface area (Å²) in [6.07, 6.45) is 0. The van der Waals surface area contributed by atoms with Gasteiger partial charge in [-0.25, -0.2) is 0 Å². The Kier molecular flexibility index (Phi) is 7.07. The van der Waals surface area contributed by atoms with Gasteiger partial charge in [0.15, 0.2) is 0 Å². The first-order valence-electron chi connectivity index (χ1n) is 13.1. The van der Waals surface area contributed by atoms with E-state index >= 15 is 0 Å². The number of rotatable bonds is 6. The Labute approximate surface area is 224 Å². The third kappa shape index (κ3) is 4.48. The predicted molar refractivity (Wildman–Crippen MR) is 152 cm³/mol. The molecule has 0 radical (unpaired) electrons. The average Bonchev–Trinajstić information content (AvgIpc) is 2.97. The minimum absolute atomic E-state index is 0.145. The van der Waals surface area contributed by atoms with Crippen LogP contribution in [0.15, 0.2) is 91.0 Å². The quantitative estimate of drug-likeness (QED) is 0.316. The number of piperazine rings is 1. The SMILES string of the molecule is COc1ccccc1[C@H](c1cccc2ccccc12)[C@@](C)(C#N)C(=O)N1CCN(c2ccccc2C)CC1. The molecular formula is C33H33N3O2. The third-order valence-corrected chi connectivity index (χ3v) is 7.86. The molecule has 0 aliphatic carbocycles. The summed E-state index contributed by atoms with van der Waals surface area (Å²) >= 11 is 0. The number of carbonyl (C=O) groups is 1. The van der Waals surface area contributed by atoms with E-state index in [0.717, 1.165) is 35.0 Å². The molecule has 0 saturated carbocycles. The predicted octanol–water partition coefficient (Wildman–Crippen LogP) is 6.17. The van der Waals surface area contributed by atoms with Crippen LogP contribution in [0, 0.1) is 23.7 Å². The summed E-state index contributed by atoms with van der Waals surface area (Å²) < 4.78 is 5.76. The molecule has 4 aromatic carbocycles. The van der Waals surface area contributed by atoms with Crippen LogP contribution < -0.4 is 9.64 Å². The van der Waals surface area contributed by atoms with Gasteiger partial charge in [-0.15, -0.1) is 0 Å². The number of fused-ring (bicyclic) bond motifs is 1. The van der Waals surface area contributed by atoms with Crippen LogP contribution in [0.1, 0.15) is 29.5 Å². The van der Waals surface area contributed by atoms with Crippen molar-refractivity contribution in [1.29, 1.82) is 5.26 Å². The molecule has 1 aliphatic rings. The molecular weight excluding hydrogens is 470 g/mol. The van der Waals surface area contributed by atoms with Crippen molar-refractivity contribution in [2.24, 2.45) is 5.41 Å². The highest BCUT2D eigenvalue weighted by Crippen LogP contribution is 2.47. The molecule has 1 aliphatic heterocycles. The molecule has 2 atom stereocenters. The lowest BCUT2D eigenvalue weighted by Gasteiger charge is -2.41. The fourth-order valence-corrected chi connectivity index (χ4v) is 5.83. The lowest BCUT2D eigenvalue weighted by molar-refractivity contribution is -0.139. The third-order valence-electron chi connectivity index (χ3n) is 7.86. The number of methoxy groups -OCH3 is 1. The minimum Gasteiger partial charge on any atom is -0.496 e. The second-order valence-electron chi connectivity index (χ2n) is 10.1. The smallest absolute Gasteiger partial charge is 0.243 e. The number of hydrogen-bond donors (Lipinski definition) is 0. The Bertz CT molecular complexity index is 1490. The van der Waals surface area contributed by atoms with E-state index in [1.165, 1.54) is 11.3 Å². The molecule has 5 heteroatoms. The van der Waals surface area contributed by atoms with Gasteiger partial charge >= 0.3 is 0 Å². The second kappa shape index (κ2) is 10.6. The van der Waals surface area contributed by atoms with Crippen molar-refractivity contribution in [3.63, 3.8) is 0 Å². The van der Waals surface area contributed by atoms with Gasteiger partial charge in [-0.1, -0.05) is 78.9 Å². The molecule has 1 heterocycles. The van der Waals surface area contributed by atoms with Crippen LogP contribution in [0.5, 0.6) is 5.75 Å². The van der Waals surface area contributed by atoms with Crippen LogP contribution in [0.3, 0.4) is 0 Å². The van der Waals surface area contributed by atoms with Gasteiger partial charge in [0.2, 0.25) is 5.91 Å². The lowest BCUT2D eigenvalue weighted by Crippen LogP contribution is -2.54. The second-order valence-corrected chi connectivity index (χ2v) is 10.1. The normalized spacial score (nSPS) is 15.9. The van der Waals surface area contributed by atoms with Crippen molar-refractivity contribution in [2.75, 3.05) is 38.2 Å². The Hall–Kier alpha value is -4.30. The number of nitrogens with zero attached hydrogens (tertiary/aromatic N) is 3. The van der Waals surface area contributed by atoms with E-state index in [2.05, 4.69) is 54.3 Å². The summed E-state index contributed by atoms with van der Waals surface area (Å²) in [5, 5.41) is 12.8. The van der Waals surface area contributed by atoms with Crippen molar-refractivity contribution >= 4 is 22.4 Å². The van der Waals surface area contributed by atoms with Gasteiger partial charge in [0, 0.05) is 43.3 Å². The number of amides is 1. The molecule has 4 aromatic rings. The Morgan fingerprint density at radius 1 is 0.868 bits per heavy atom. The summed E-state index contributed by atoms with van der Waals surface area (Å²) in [6.45, 7) is 6.50. The van der Waals surface area contributed by atoms with E-state index in [1.54, 1.807) is 14.0 Å². The van der Waals surface area contributed by atoms with E-state index in [1.807, 2.05) is 59.5 Å². The standard InChI is InChI=1S/C33H33N3O2/c1-24-11-4-8-17-29(24)35-19-21-36(22-20-35)32(37)33(2,23-34)31(28-15-7-9-18-30(28)38-3)27-16-10-13-25-12-5-6-14-26(25)27/h4-18,31H,19-22H2,1-3H3/t31-,33+/m0/s1. The van der Waals surface area contributed by atoms with Crippen LogP contribution in [0.2, 0.25) is 0 Å². The maximum atomic E-state index is 14.3. The number of hydrogen-bond acceptors (Lipinski definition) is 4. The molecule has 0 unspecified atom stereocenters. The van der Waals surface area contributed by atoms with Gasteiger partial charge in [0.05, 0.1) is 13.2 Å². The van der Waals surface area contributed by atoms with Gasteiger partial charge in [0.25, 0.3) is 0 Å². The van der Waals surface area contributed by atoms with Crippen molar-refractivity contribution in [3.05, 3.63) is 108 Å². The first kappa shape index (κ1) is 25.4. The molecule has 0 spiro atoms. The first-order chi connectivity index (χ1) is 18.5. The number of ether oxygens (including phenoxy) is 1. The molecule has 1 fully saturated rings. The van der Waals surface area contributed by atoms with Crippen molar-refractivity contribution in [2.45, 2.75) is 19.8 Å². The van der Waals surface area contributed by atoms with E-state index in [4.69, 9.17) is 4.74 Å². The fourth-order valence-electron chi connectivity index (χ4n) is 5.83. The average molecular weight is 504 g/mol. The highest BCUT2D eigenvalue weighted by atomic mass is 16.5. The number of para-hydroxylation sites is 2. The van der Waals surface area contributed by atoms with E-state index in [0.29, 0.717) is 18.8 Å². The largest absolute Gasteiger partial charge is 0.496 e. The van der Waals surface area contributed by atoms with Gasteiger partial charge in [-0.3, -0.25) is 4.79 Å². The minimum atomic E-state index is -1.34. The molecule has 5 nitrogen and oxygen atoms in total. The van der Waals surface area contributed by atoms with E-state index in [-0.39, 0.29) is 5.91 Å². The van der Waals surface area contributed by atoms with Gasteiger partial charge in [-0.2, -0.15) is 5.26 Å². The maximum absolute atomic E-state index is 14.3. The lowest BCUT2D eigenvalue weighted by atomic mass is 9.68. The van der Waals surface area contributed by atoms with Crippen molar-refractivity contribution < 1.29 is 9.53 Å². The Morgan fingerprint density at radius 3 is 2.24 bits per heavy atom. The van der Waals surface area contributed by atoms with Crippen LogP contribution in [-0.2, 0) is 4.79 Å². The number of nitriles is 1. The van der Waals surface area contributed by atoms with Crippen LogP contribution >= 0.6 is 0 Å². The van der Waals surface area contributed by atoms with E-state index < -0.39 is 11.3 Å².